The fourth-order valence-electron chi connectivity index (χ4n) is 3.30. The van der Waals surface area contributed by atoms with Crippen molar-refractivity contribution in [2.24, 2.45) is 0 Å². The van der Waals surface area contributed by atoms with Gasteiger partial charge in [-0.05, 0) is 5.73 Å². The van der Waals surface area contributed by atoms with Crippen LogP contribution < -0.4 is 37.6 Å². The van der Waals surface area contributed by atoms with E-state index in [9.17, 15) is 18.3 Å². The molecule has 0 bridgehead atoms. The van der Waals surface area contributed by atoms with Crippen molar-refractivity contribution in [3.63, 3.8) is 0 Å². The summed E-state index contributed by atoms with van der Waals surface area (Å²) in [6.07, 6.45) is -4.84. The molecule has 3 aromatic carbocycles. The number of halogens is 4. The average Bonchev–Trinajstić information content (AvgIpc) is 2.64. The van der Waals surface area contributed by atoms with E-state index in [1.165, 1.54) is 0 Å². The van der Waals surface area contributed by atoms with Gasteiger partial charge in [-0.1, -0.05) is 107 Å². The molecule has 0 aliphatic carbocycles. The normalized spacial score (nSPS) is 12.4. The molecule has 3 rings (SSSR count). The van der Waals surface area contributed by atoms with Crippen LogP contribution in [-0.2, 0) is 0 Å². The molecule has 0 saturated heterocycles. The summed E-state index contributed by atoms with van der Waals surface area (Å²) >= 11 is 0. The van der Waals surface area contributed by atoms with Crippen LogP contribution in [0.25, 0.3) is 0 Å². The van der Waals surface area contributed by atoms with Gasteiger partial charge < -0.3 is 22.1 Å². The molecular formula is C20H16BrF3MgOSi. The summed E-state index contributed by atoms with van der Waals surface area (Å²) in [4.78, 5) is 0. The Balaban J connectivity index is 0.00000182. The first-order valence-corrected chi connectivity index (χ1v) is 9.94. The van der Waals surface area contributed by atoms with Crippen molar-refractivity contribution in [3.05, 3.63) is 91.0 Å². The van der Waals surface area contributed by atoms with Crippen LogP contribution in [0.4, 0.5) is 13.2 Å². The summed E-state index contributed by atoms with van der Waals surface area (Å²) in [5.74, 6) is 0. The van der Waals surface area contributed by atoms with E-state index in [0.717, 1.165) is 0 Å². The maximum atomic E-state index is 13.7. The van der Waals surface area contributed by atoms with E-state index in [1.54, 1.807) is 91.0 Å². The predicted octanol–water partition coefficient (Wildman–Crippen LogP) is -1.39. The Labute approximate surface area is 184 Å². The third-order valence-corrected chi connectivity index (χ3v) is 9.22. The van der Waals surface area contributed by atoms with E-state index in [1.807, 2.05) is 0 Å². The summed E-state index contributed by atoms with van der Waals surface area (Å²) in [6.45, 7) is 0. The summed E-state index contributed by atoms with van der Waals surface area (Å²) in [7, 11) is -3.84. The van der Waals surface area contributed by atoms with Crippen LogP contribution in [0.1, 0.15) is 0 Å². The van der Waals surface area contributed by atoms with E-state index in [-0.39, 0.29) is 40.0 Å². The molecule has 0 aliphatic rings. The van der Waals surface area contributed by atoms with Gasteiger partial charge >= 0.3 is 29.2 Å². The van der Waals surface area contributed by atoms with Crippen molar-refractivity contribution in [3.8, 4) is 0 Å². The first-order valence-electron chi connectivity index (χ1n) is 7.86. The van der Waals surface area contributed by atoms with Crippen molar-refractivity contribution >= 4 is 46.7 Å². The number of hydrogen-bond acceptors (Lipinski definition) is 1. The zero-order chi connectivity index (χ0) is 17.9. The minimum absolute atomic E-state index is 0. The Hall–Kier alpha value is -1.13. The first kappa shape index (κ1) is 23.9. The van der Waals surface area contributed by atoms with Gasteiger partial charge in [0.05, 0.1) is 0 Å². The summed E-state index contributed by atoms with van der Waals surface area (Å²) in [5, 5.41) is 14.3. The SMILES string of the molecule is [Br-].[Mg+2].[O-]C(C(F)(F)F)[Si](c1ccccc1)(c1ccccc1)c1ccccc1. The molecule has 7 heteroatoms. The van der Waals surface area contributed by atoms with Crippen LogP contribution in [0, 0.1) is 0 Å². The molecule has 27 heavy (non-hydrogen) atoms. The van der Waals surface area contributed by atoms with E-state index in [4.69, 9.17) is 0 Å². The predicted molar refractivity (Wildman–Crippen MR) is 99.6 cm³/mol. The Morgan fingerprint density at radius 2 is 0.889 bits per heavy atom. The Morgan fingerprint density at radius 3 is 1.11 bits per heavy atom. The standard InChI is InChI=1S/C20H16F3OSi.BrH.Mg/c21-20(22,23)19(24)25(16-10-4-1-5-11-16,17-12-6-2-7-13-17)18-14-8-3-9-15-18;;/h1-15,19H;1H;/q-1;;+2/p-1. The number of alkyl halides is 3. The second-order valence-electron chi connectivity index (χ2n) is 5.83. The first-order chi connectivity index (χ1) is 12.0. The molecule has 0 fully saturated rings. The van der Waals surface area contributed by atoms with Crippen molar-refractivity contribution in [2.75, 3.05) is 0 Å². The maximum Gasteiger partial charge on any atom is 2.00 e. The van der Waals surface area contributed by atoms with Crippen LogP contribution in [0.15, 0.2) is 91.0 Å². The molecule has 0 saturated carbocycles. The molecule has 0 amide bonds. The van der Waals surface area contributed by atoms with E-state index < -0.39 is 20.0 Å². The third-order valence-electron chi connectivity index (χ3n) is 4.38. The van der Waals surface area contributed by atoms with E-state index >= 15 is 0 Å². The number of rotatable bonds is 4. The van der Waals surface area contributed by atoms with Gasteiger partial charge in [-0.2, -0.15) is 13.2 Å². The van der Waals surface area contributed by atoms with Gasteiger partial charge in [0.25, 0.3) is 0 Å². The van der Waals surface area contributed by atoms with Gasteiger partial charge in [0.1, 0.15) is 8.07 Å². The van der Waals surface area contributed by atoms with Crippen molar-refractivity contribution in [2.45, 2.75) is 11.9 Å². The molecule has 3 aromatic rings. The fourth-order valence-corrected chi connectivity index (χ4v) is 7.86. The molecule has 136 valence electrons. The summed E-state index contributed by atoms with van der Waals surface area (Å²) in [5.41, 5.74) is -2.70. The minimum atomic E-state index is -4.84. The second kappa shape index (κ2) is 9.88. The topological polar surface area (TPSA) is 23.1 Å². The zero-order valence-electron chi connectivity index (χ0n) is 14.4. The smallest absolute Gasteiger partial charge is 1.00 e. The fraction of sp³-hybridized carbons (Fsp3) is 0.100. The molecule has 0 heterocycles. The zero-order valence-corrected chi connectivity index (χ0v) is 18.4. The molecule has 0 radical (unpaired) electrons. The average molecular weight is 462 g/mol. The van der Waals surface area contributed by atoms with Crippen molar-refractivity contribution in [1.29, 1.82) is 0 Å². The van der Waals surface area contributed by atoms with Crippen LogP contribution in [-0.4, -0.2) is 43.0 Å². The van der Waals surface area contributed by atoms with Crippen molar-refractivity contribution < 1.29 is 35.3 Å². The number of benzene rings is 3. The van der Waals surface area contributed by atoms with Gasteiger partial charge in [0.2, 0.25) is 0 Å². The van der Waals surface area contributed by atoms with Crippen LogP contribution in [0.2, 0.25) is 0 Å². The molecule has 0 N–H and O–H groups in total. The Bertz CT molecular complexity index is 720. The maximum absolute atomic E-state index is 13.7. The minimum Gasteiger partial charge on any atom is -1.00 e. The third kappa shape index (κ3) is 4.65. The van der Waals surface area contributed by atoms with Crippen LogP contribution in [0.5, 0.6) is 0 Å². The largest absolute Gasteiger partial charge is 2.00 e. The summed E-state index contributed by atoms with van der Waals surface area (Å²) in [6, 6.07) is 25.2. The molecular weight excluding hydrogens is 446 g/mol. The van der Waals surface area contributed by atoms with Gasteiger partial charge in [0.15, 0.2) is 0 Å². The Kier molecular flexibility index (Phi) is 8.75. The van der Waals surface area contributed by atoms with Crippen molar-refractivity contribution in [1.82, 2.24) is 0 Å². The quantitative estimate of drug-likeness (QED) is 0.347. The van der Waals surface area contributed by atoms with Crippen LogP contribution in [0.3, 0.4) is 0 Å². The van der Waals surface area contributed by atoms with Gasteiger partial charge in [-0.15, -0.1) is 0 Å². The van der Waals surface area contributed by atoms with E-state index in [2.05, 4.69) is 0 Å². The monoisotopic (exact) mass is 460 g/mol. The second-order valence-corrected chi connectivity index (χ2v) is 9.70. The molecule has 1 atom stereocenters. The molecule has 1 nitrogen and oxygen atoms in total. The van der Waals surface area contributed by atoms with Gasteiger partial charge in [0, 0.05) is 0 Å². The van der Waals surface area contributed by atoms with E-state index in [0.29, 0.717) is 15.6 Å². The van der Waals surface area contributed by atoms with Crippen LogP contribution >= 0.6 is 0 Å². The van der Waals surface area contributed by atoms with Gasteiger partial charge in [-0.25, -0.2) is 0 Å². The molecule has 1 unspecified atom stereocenters. The van der Waals surface area contributed by atoms with Gasteiger partial charge in [-0.3, -0.25) is 0 Å². The number of hydrogen-bond donors (Lipinski definition) is 0. The molecule has 0 spiro atoms. The Morgan fingerprint density at radius 1 is 0.630 bits per heavy atom. The summed E-state index contributed by atoms with van der Waals surface area (Å²) < 4.78 is 41.2. The molecule has 0 aliphatic heterocycles. The molecule has 0 aromatic heterocycles.